The fraction of sp³-hybridized carbons (Fsp3) is 0.467. The van der Waals surface area contributed by atoms with Crippen molar-refractivity contribution in [3.05, 3.63) is 38.3 Å². The van der Waals surface area contributed by atoms with E-state index in [1.54, 1.807) is 16.0 Å². The monoisotopic (exact) mass is 325 g/mol. The molecule has 0 atom stereocenters. The van der Waals surface area contributed by atoms with Crippen molar-refractivity contribution in [2.75, 3.05) is 0 Å². The molecule has 0 fully saturated rings. The molecule has 2 heterocycles. The summed E-state index contributed by atoms with van der Waals surface area (Å²) in [5, 5.41) is 7.70. The molecule has 2 aromatic rings. The summed E-state index contributed by atoms with van der Waals surface area (Å²) in [5.41, 5.74) is 1.16. The van der Waals surface area contributed by atoms with Crippen molar-refractivity contribution < 1.29 is 4.79 Å². The number of carbonyl (C=O) groups is 1. The molecule has 0 aliphatic rings. The van der Waals surface area contributed by atoms with Gasteiger partial charge in [-0.2, -0.15) is 5.10 Å². The standard InChI is InChI=1S/C15H20ClN3OS/c1-4-5-8-19-14(16)13(11(3)18-19)15(20)17-9-12-7-6-10(2)21-12/h6-7H,4-5,8-9H2,1-3H3,(H,17,20). The lowest BCUT2D eigenvalue weighted by Gasteiger charge is -2.04. The summed E-state index contributed by atoms with van der Waals surface area (Å²) in [6.45, 7) is 7.25. The van der Waals surface area contributed by atoms with Crippen LogP contribution < -0.4 is 5.32 Å². The van der Waals surface area contributed by atoms with E-state index < -0.39 is 0 Å². The summed E-state index contributed by atoms with van der Waals surface area (Å²) in [6, 6.07) is 4.08. The Balaban J connectivity index is 2.06. The van der Waals surface area contributed by atoms with Crippen LogP contribution in [0.4, 0.5) is 0 Å². The molecule has 0 unspecified atom stereocenters. The third-order valence-electron chi connectivity index (χ3n) is 3.24. The molecular formula is C15H20ClN3OS. The van der Waals surface area contributed by atoms with Crippen LogP contribution in [-0.4, -0.2) is 15.7 Å². The van der Waals surface area contributed by atoms with Crippen molar-refractivity contribution in [1.82, 2.24) is 15.1 Å². The van der Waals surface area contributed by atoms with Crippen molar-refractivity contribution >= 4 is 28.8 Å². The number of amides is 1. The van der Waals surface area contributed by atoms with Crippen LogP contribution in [0.3, 0.4) is 0 Å². The minimum Gasteiger partial charge on any atom is -0.347 e. The SMILES string of the molecule is CCCCn1nc(C)c(C(=O)NCc2ccc(C)s2)c1Cl. The normalized spacial score (nSPS) is 10.9. The lowest BCUT2D eigenvalue weighted by atomic mass is 10.2. The quantitative estimate of drug-likeness (QED) is 0.874. The number of nitrogens with one attached hydrogen (secondary N) is 1. The molecule has 4 nitrogen and oxygen atoms in total. The molecule has 2 rings (SSSR count). The van der Waals surface area contributed by atoms with Crippen molar-refractivity contribution in [2.24, 2.45) is 0 Å². The van der Waals surface area contributed by atoms with Gasteiger partial charge >= 0.3 is 0 Å². The van der Waals surface area contributed by atoms with Crippen molar-refractivity contribution in [3.8, 4) is 0 Å². The van der Waals surface area contributed by atoms with Crippen LogP contribution in [0, 0.1) is 13.8 Å². The van der Waals surface area contributed by atoms with Crippen LogP contribution in [0.15, 0.2) is 12.1 Å². The third-order valence-corrected chi connectivity index (χ3v) is 4.62. The fourth-order valence-electron chi connectivity index (χ4n) is 2.10. The number of carbonyl (C=O) groups excluding carboxylic acids is 1. The van der Waals surface area contributed by atoms with Crippen LogP contribution in [0.2, 0.25) is 5.15 Å². The predicted octanol–water partition coefficient (Wildman–Crippen LogP) is 3.94. The molecule has 0 aromatic carbocycles. The summed E-state index contributed by atoms with van der Waals surface area (Å²) >= 11 is 7.97. The molecule has 0 saturated carbocycles. The zero-order valence-corrected chi connectivity index (χ0v) is 14.1. The maximum absolute atomic E-state index is 12.3. The number of unbranched alkanes of at least 4 members (excludes halogenated alkanes) is 1. The molecule has 1 amide bonds. The van der Waals surface area contributed by atoms with E-state index in [2.05, 4.69) is 24.3 Å². The van der Waals surface area contributed by atoms with Crippen molar-refractivity contribution in [1.29, 1.82) is 0 Å². The van der Waals surface area contributed by atoms with E-state index in [4.69, 9.17) is 11.6 Å². The molecule has 0 saturated heterocycles. The highest BCUT2D eigenvalue weighted by Gasteiger charge is 2.19. The van der Waals surface area contributed by atoms with Gasteiger partial charge in [0.1, 0.15) is 5.15 Å². The van der Waals surface area contributed by atoms with Gasteiger partial charge in [0.05, 0.1) is 17.8 Å². The summed E-state index contributed by atoms with van der Waals surface area (Å²) in [5.74, 6) is -0.161. The van der Waals surface area contributed by atoms with Gasteiger partial charge in [-0.1, -0.05) is 24.9 Å². The van der Waals surface area contributed by atoms with Crippen LogP contribution >= 0.6 is 22.9 Å². The van der Waals surface area contributed by atoms with Gasteiger partial charge in [0, 0.05) is 16.3 Å². The lowest BCUT2D eigenvalue weighted by molar-refractivity contribution is 0.0951. The maximum Gasteiger partial charge on any atom is 0.256 e. The Morgan fingerprint density at radius 1 is 1.43 bits per heavy atom. The number of halogens is 1. The van der Waals surface area contributed by atoms with Crippen molar-refractivity contribution in [3.63, 3.8) is 0 Å². The number of thiophene rings is 1. The summed E-state index contributed by atoms with van der Waals surface area (Å²) in [4.78, 5) is 14.7. The van der Waals surface area contributed by atoms with E-state index in [0.717, 1.165) is 24.3 Å². The maximum atomic E-state index is 12.3. The summed E-state index contributed by atoms with van der Waals surface area (Å²) < 4.78 is 1.71. The number of hydrogen-bond donors (Lipinski definition) is 1. The number of nitrogens with zero attached hydrogens (tertiary/aromatic N) is 2. The average molecular weight is 326 g/mol. The zero-order valence-electron chi connectivity index (χ0n) is 12.6. The highest BCUT2D eigenvalue weighted by atomic mass is 35.5. The van der Waals surface area contributed by atoms with Gasteiger partial charge in [0.15, 0.2) is 0 Å². The average Bonchev–Trinajstić information content (AvgIpc) is 2.98. The lowest BCUT2D eigenvalue weighted by Crippen LogP contribution is -2.23. The van der Waals surface area contributed by atoms with E-state index in [9.17, 15) is 4.79 Å². The van der Waals surface area contributed by atoms with E-state index in [0.29, 0.717) is 23.0 Å². The Labute approximate surface area is 134 Å². The summed E-state index contributed by atoms with van der Waals surface area (Å²) in [7, 11) is 0. The molecule has 0 spiro atoms. The molecule has 0 aliphatic carbocycles. The van der Waals surface area contributed by atoms with E-state index in [1.165, 1.54) is 4.88 Å². The Hall–Kier alpha value is -1.33. The van der Waals surface area contributed by atoms with E-state index >= 15 is 0 Å². The molecule has 114 valence electrons. The van der Waals surface area contributed by atoms with Gasteiger partial charge in [-0.25, -0.2) is 0 Å². The van der Waals surface area contributed by atoms with Gasteiger partial charge < -0.3 is 5.32 Å². The van der Waals surface area contributed by atoms with Gasteiger partial charge in [-0.15, -0.1) is 11.3 Å². The van der Waals surface area contributed by atoms with Gasteiger partial charge in [0.25, 0.3) is 5.91 Å². The number of aromatic nitrogens is 2. The Morgan fingerprint density at radius 3 is 2.81 bits per heavy atom. The highest BCUT2D eigenvalue weighted by molar-refractivity contribution is 7.11. The van der Waals surface area contributed by atoms with Gasteiger partial charge in [-0.05, 0) is 32.4 Å². The van der Waals surface area contributed by atoms with Crippen LogP contribution in [0.25, 0.3) is 0 Å². The topological polar surface area (TPSA) is 46.9 Å². The minimum atomic E-state index is -0.161. The fourth-order valence-corrected chi connectivity index (χ4v) is 3.28. The Morgan fingerprint density at radius 2 is 2.19 bits per heavy atom. The first-order chi connectivity index (χ1) is 10.0. The smallest absolute Gasteiger partial charge is 0.256 e. The third kappa shape index (κ3) is 3.86. The number of rotatable bonds is 6. The molecule has 0 aliphatic heterocycles. The highest BCUT2D eigenvalue weighted by Crippen LogP contribution is 2.21. The number of aryl methyl sites for hydroxylation is 3. The molecule has 21 heavy (non-hydrogen) atoms. The Bertz CT molecular complexity index is 633. The first kappa shape index (κ1) is 16.0. The predicted molar refractivity (Wildman–Crippen MR) is 87.1 cm³/mol. The largest absolute Gasteiger partial charge is 0.347 e. The van der Waals surface area contributed by atoms with Gasteiger partial charge in [0.2, 0.25) is 0 Å². The zero-order chi connectivity index (χ0) is 15.4. The molecule has 0 radical (unpaired) electrons. The molecule has 1 N–H and O–H groups in total. The number of hydrogen-bond acceptors (Lipinski definition) is 3. The first-order valence-corrected chi connectivity index (χ1v) is 8.28. The molecule has 2 aromatic heterocycles. The summed E-state index contributed by atoms with van der Waals surface area (Å²) in [6.07, 6.45) is 2.06. The first-order valence-electron chi connectivity index (χ1n) is 7.09. The minimum absolute atomic E-state index is 0.161. The van der Waals surface area contributed by atoms with Crippen molar-refractivity contribution in [2.45, 2.75) is 46.7 Å². The van der Waals surface area contributed by atoms with Crippen LogP contribution in [0.1, 0.15) is 45.6 Å². The second-order valence-electron chi connectivity index (χ2n) is 5.02. The van der Waals surface area contributed by atoms with E-state index in [-0.39, 0.29) is 5.91 Å². The molecular weight excluding hydrogens is 306 g/mol. The van der Waals surface area contributed by atoms with E-state index in [1.807, 2.05) is 19.1 Å². The second-order valence-corrected chi connectivity index (χ2v) is 6.75. The molecule has 6 heteroatoms. The Kier molecular flexibility index (Phi) is 5.42. The van der Waals surface area contributed by atoms with Crippen LogP contribution in [0.5, 0.6) is 0 Å². The van der Waals surface area contributed by atoms with Crippen LogP contribution in [-0.2, 0) is 13.1 Å². The molecule has 0 bridgehead atoms. The van der Waals surface area contributed by atoms with Gasteiger partial charge in [-0.3, -0.25) is 9.48 Å². The second kappa shape index (κ2) is 7.09.